The van der Waals surface area contributed by atoms with Crippen molar-refractivity contribution in [2.75, 3.05) is 7.11 Å². The van der Waals surface area contributed by atoms with E-state index >= 15 is 0 Å². The highest BCUT2D eigenvalue weighted by molar-refractivity contribution is 5.79. The fourth-order valence-corrected chi connectivity index (χ4v) is 3.35. The molecule has 1 aliphatic carbocycles. The van der Waals surface area contributed by atoms with Crippen LogP contribution in [-0.2, 0) is 23.9 Å². The molecule has 0 bridgehead atoms. The van der Waals surface area contributed by atoms with E-state index in [2.05, 4.69) is 0 Å². The molecular formula is C22H24F3NO2. The van der Waals surface area contributed by atoms with Crippen LogP contribution in [0.2, 0.25) is 0 Å². The van der Waals surface area contributed by atoms with Crippen LogP contribution >= 0.6 is 0 Å². The lowest BCUT2D eigenvalue weighted by atomic mass is 10.0. The van der Waals surface area contributed by atoms with Crippen LogP contribution in [0.4, 0.5) is 13.2 Å². The maximum Gasteiger partial charge on any atom is 0.416 e. The fraction of sp³-hybridized carbons (Fsp3) is 0.409. The highest BCUT2D eigenvalue weighted by atomic mass is 19.4. The van der Waals surface area contributed by atoms with Crippen LogP contribution < -0.4 is 4.74 Å². The van der Waals surface area contributed by atoms with Crippen LogP contribution in [0.15, 0.2) is 48.5 Å². The minimum atomic E-state index is -4.41. The van der Waals surface area contributed by atoms with E-state index in [-0.39, 0.29) is 18.4 Å². The summed E-state index contributed by atoms with van der Waals surface area (Å²) < 4.78 is 44.0. The van der Waals surface area contributed by atoms with Gasteiger partial charge in [-0.1, -0.05) is 30.3 Å². The number of benzene rings is 2. The quantitative estimate of drug-likeness (QED) is 0.658. The van der Waals surface area contributed by atoms with E-state index in [1.54, 1.807) is 18.1 Å². The Morgan fingerprint density at radius 1 is 1.14 bits per heavy atom. The largest absolute Gasteiger partial charge is 0.497 e. The first kappa shape index (κ1) is 20.2. The van der Waals surface area contributed by atoms with Crippen LogP contribution in [-0.4, -0.2) is 24.0 Å². The Morgan fingerprint density at radius 3 is 2.39 bits per heavy atom. The highest BCUT2D eigenvalue weighted by Gasteiger charge is 2.35. The molecular weight excluding hydrogens is 367 g/mol. The van der Waals surface area contributed by atoms with Crippen molar-refractivity contribution in [1.29, 1.82) is 0 Å². The van der Waals surface area contributed by atoms with E-state index in [0.29, 0.717) is 18.0 Å². The van der Waals surface area contributed by atoms with Gasteiger partial charge in [-0.15, -0.1) is 0 Å². The summed E-state index contributed by atoms with van der Waals surface area (Å²) in [7, 11) is 1.59. The van der Waals surface area contributed by atoms with Gasteiger partial charge < -0.3 is 9.64 Å². The summed E-state index contributed by atoms with van der Waals surface area (Å²) in [4.78, 5) is 14.8. The predicted octanol–water partition coefficient (Wildman–Crippen LogP) is 5.08. The number of carbonyl (C=O) groups is 1. The fourth-order valence-electron chi connectivity index (χ4n) is 3.35. The number of alkyl halides is 3. The van der Waals surface area contributed by atoms with Crippen molar-refractivity contribution in [3.8, 4) is 5.75 Å². The Kier molecular flexibility index (Phi) is 5.96. The average molecular weight is 391 g/mol. The number of rotatable bonds is 7. The molecule has 1 fully saturated rings. The van der Waals surface area contributed by atoms with Crippen molar-refractivity contribution >= 4 is 5.91 Å². The SMILES string of the molecule is COc1ccc(CN(C(=O)Cc2cccc(C(F)(F)F)c2)C(C)C2CC2)cc1. The summed E-state index contributed by atoms with van der Waals surface area (Å²) in [6.45, 7) is 2.45. The van der Waals surface area contributed by atoms with Crippen LogP contribution in [0.5, 0.6) is 5.75 Å². The average Bonchev–Trinajstić information content (AvgIpc) is 3.51. The maximum absolute atomic E-state index is 13.0. The lowest BCUT2D eigenvalue weighted by molar-refractivity contribution is -0.138. The first-order chi connectivity index (χ1) is 13.3. The molecule has 2 aromatic carbocycles. The molecule has 0 saturated heterocycles. The number of amides is 1. The number of nitrogens with zero attached hydrogens (tertiary/aromatic N) is 1. The number of ether oxygens (including phenoxy) is 1. The first-order valence-electron chi connectivity index (χ1n) is 9.36. The molecule has 0 heterocycles. The highest BCUT2D eigenvalue weighted by Crippen LogP contribution is 2.36. The Bertz CT molecular complexity index is 813. The van der Waals surface area contributed by atoms with Gasteiger partial charge in [0.25, 0.3) is 0 Å². The third-order valence-electron chi connectivity index (χ3n) is 5.24. The van der Waals surface area contributed by atoms with Gasteiger partial charge in [-0.05, 0) is 55.0 Å². The molecule has 1 unspecified atom stereocenters. The van der Waals surface area contributed by atoms with E-state index < -0.39 is 11.7 Å². The molecule has 1 amide bonds. The summed E-state index contributed by atoms with van der Waals surface area (Å²) in [6.07, 6.45) is -2.30. The van der Waals surface area contributed by atoms with E-state index in [1.165, 1.54) is 6.07 Å². The van der Waals surface area contributed by atoms with Gasteiger partial charge in [0.2, 0.25) is 5.91 Å². The number of methoxy groups -OCH3 is 1. The summed E-state index contributed by atoms with van der Waals surface area (Å²) in [5, 5.41) is 0. The molecule has 0 aromatic heterocycles. The van der Waals surface area contributed by atoms with Gasteiger partial charge in [0.15, 0.2) is 0 Å². The zero-order chi connectivity index (χ0) is 20.3. The molecule has 0 spiro atoms. The number of hydrogen-bond donors (Lipinski definition) is 0. The van der Waals surface area contributed by atoms with Crippen molar-refractivity contribution < 1.29 is 22.7 Å². The molecule has 1 atom stereocenters. The summed E-state index contributed by atoms with van der Waals surface area (Å²) >= 11 is 0. The zero-order valence-electron chi connectivity index (χ0n) is 16.0. The van der Waals surface area contributed by atoms with Gasteiger partial charge in [0.05, 0.1) is 19.1 Å². The Hall–Kier alpha value is -2.50. The second kappa shape index (κ2) is 8.25. The first-order valence-corrected chi connectivity index (χ1v) is 9.36. The second-order valence-electron chi connectivity index (χ2n) is 7.32. The van der Waals surface area contributed by atoms with E-state index in [1.807, 2.05) is 31.2 Å². The van der Waals surface area contributed by atoms with E-state index in [0.717, 1.165) is 36.3 Å². The van der Waals surface area contributed by atoms with E-state index in [9.17, 15) is 18.0 Å². The van der Waals surface area contributed by atoms with Crippen LogP contribution in [0.1, 0.15) is 36.5 Å². The molecule has 3 rings (SSSR count). The van der Waals surface area contributed by atoms with Crippen LogP contribution in [0, 0.1) is 5.92 Å². The molecule has 3 nitrogen and oxygen atoms in total. The van der Waals surface area contributed by atoms with Crippen molar-refractivity contribution in [2.24, 2.45) is 5.92 Å². The standard InChI is InChI=1S/C22H24F3NO2/c1-15(18-8-9-18)26(14-16-6-10-20(28-2)11-7-16)21(27)13-17-4-3-5-19(12-17)22(23,24)25/h3-7,10-12,15,18H,8-9,13-14H2,1-2H3. The second-order valence-corrected chi connectivity index (χ2v) is 7.32. The van der Waals surface area contributed by atoms with Crippen LogP contribution in [0.3, 0.4) is 0 Å². The molecule has 6 heteroatoms. The predicted molar refractivity (Wildman–Crippen MR) is 101 cm³/mol. The van der Waals surface area contributed by atoms with Gasteiger partial charge in [0, 0.05) is 12.6 Å². The van der Waals surface area contributed by atoms with E-state index in [4.69, 9.17) is 4.74 Å². The van der Waals surface area contributed by atoms with Crippen molar-refractivity contribution in [3.63, 3.8) is 0 Å². The van der Waals surface area contributed by atoms with Crippen molar-refractivity contribution in [1.82, 2.24) is 4.90 Å². The minimum Gasteiger partial charge on any atom is -0.497 e. The summed E-state index contributed by atoms with van der Waals surface area (Å²) in [5.74, 6) is 1.04. The van der Waals surface area contributed by atoms with Crippen molar-refractivity contribution in [2.45, 2.75) is 44.9 Å². The normalized spacial score (nSPS) is 15.2. The monoisotopic (exact) mass is 391 g/mol. The maximum atomic E-state index is 13.0. The minimum absolute atomic E-state index is 0.0445. The van der Waals surface area contributed by atoms with Gasteiger partial charge >= 0.3 is 6.18 Å². The molecule has 0 N–H and O–H groups in total. The summed E-state index contributed by atoms with van der Waals surface area (Å²) in [5.41, 5.74) is 0.614. The number of carbonyl (C=O) groups excluding carboxylic acids is 1. The lowest BCUT2D eigenvalue weighted by Crippen LogP contribution is -2.40. The lowest BCUT2D eigenvalue weighted by Gasteiger charge is -2.30. The van der Waals surface area contributed by atoms with Gasteiger partial charge in [-0.3, -0.25) is 4.79 Å². The topological polar surface area (TPSA) is 29.5 Å². The van der Waals surface area contributed by atoms with Gasteiger partial charge in [0.1, 0.15) is 5.75 Å². The molecule has 1 aliphatic rings. The Balaban J connectivity index is 1.76. The molecule has 150 valence electrons. The summed E-state index contributed by atoms with van der Waals surface area (Å²) in [6, 6.07) is 12.6. The molecule has 0 radical (unpaired) electrons. The van der Waals surface area contributed by atoms with Crippen LogP contribution in [0.25, 0.3) is 0 Å². The van der Waals surface area contributed by atoms with Gasteiger partial charge in [-0.2, -0.15) is 13.2 Å². The number of hydrogen-bond acceptors (Lipinski definition) is 2. The number of halogens is 3. The Morgan fingerprint density at radius 2 is 1.82 bits per heavy atom. The zero-order valence-corrected chi connectivity index (χ0v) is 16.0. The molecule has 28 heavy (non-hydrogen) atoms. The Labute approximate surface area is 163 Å². The molecule has 0 aliphatic heterocycles. The third-order valence-corrected chi connectivity index (χ3v) is 5.24. The molecule has 1 saturated carbocycles. The van der Waals surface area contributed by atoms with Crippen molar-refractivity contribution in [3.05, 3.63) is 65.2 Å². The van der Waals surface area contributed by atoms with Gasteiger partial charge in [-0.25, -0.2) is 0 Å². The smallest absolute Gasteiger partial charge is 0.416 e. The third kappa shape index (κ3) is 5.06. The molecule has 2 aromatic rings.